The molecule has 0 saturated heterocycles. The predicted molar refractivity (Wildman–Crippen MR) is 69.5 cm³/mol. The lowest BCUT2D eigenvalue weighted by Gasteiger charge is -2.22. The molecule has 16 heavy (non-hydrogen) atoms. The molecule has 0 radical (unpaired) electrons. The molecule has 1 aromatic carbocycles. The fourth-order valence-electron chi connectivity index (χ4n) is 1.89. The van der Waals surface area contributed by atoms with E-state index in [0.29, 0.717) is 5.41 Å². The first-order chi connectivity index (χ1) is 7.61. The minimum absolute atomic E-state index is 0.365. The third-order valence-corrected chi connectivity index (χ3v) is 3.29. The number of aromatic nitrogens is 1. The Hall–Kier alpha value is -1.37. The van der Waals surface area contributed by atoms with Crippen molar-refractivity contribution in [3.8, 4) is 0 Å². The molecule has 1 heteroatoms. The molecule has 0 aliphatic rings. The van der Waals surface area contributed by atoms with E-state index >= 15 is 0 Å². The van der Waals surface area contributed by atoms with Crippen LogP contribution in [-0.2, 0) is 6.42 Å². The predicted octanol–water partition coefficient (Wildman–Crippen LogP) is 4.21. The summed E-state index contributed by atoms with van der Waals surface area (Å²) in [5, 5.41) is 1.24. The summed E-state index contributed by atoms with van der Waals surface area (Å²) >= 11 is 0. The molecular formula is C15H19N. The maximum atomic E-state index is 4.50. The van der Waals surface area contributed by atoms with Crippen molar-refractivity contribution in [2.45, 2.75) is 33.6 Å². The van der Waals surface area contributed by atoms with Gasteiger partial charge in [0.25, 0.3) is 0 Å². The summed E-state index contributed by atoms with van der Waals surface area (Å²) in [5.41, 5.74) is 2.79. The SMILES string of the molecule is CCC(C)(C)Cc1cnc2ccccc2c1. The summed E-state index contributed by atoms with van der Waals surface area (Å²) in [6.45, 7) is 6.86. The molecule has 0 spiro atoms. The summed E-state index contributed by atoms with van der Waals surface area (Å²) < 4.78 is 0. The molecule has 0 amide bonds. The van der Waals surface area contributed by atoms with E-state index < -0.39 is 0 Å². The molecule has 0 saturated carbocycles. The van der Waals surface area contributed by atoms with Gasteiger partial charge in [-0.15, -0.1) is 0 Å². The van der Waals surface area contributed by atoms with Crippen LogP contribution in [0, 0.1) is 5.41 Å². The summed E-state index contributed by atoms with van der Waals surface area (Å²) in [6, 6.07) is 10.6. The van der Waals surface area contributed by atoms with Crippen molar-refractivity contribution >= 4 is 10.9 Å². The second kappa shape index (κ2) is 4.25. The summed E-state index contributed by atoms with van der Waals surface area (Å²) in [4.78, 5) is 4.50. The maximum absolute atomic E-state index is 4.50. The molecule has 0 fully saturated rings. The number of para-hydroxylation sites is 1. The second-order valence-corrected chi connectivity index (χ2v) is 5.23. The van der Waals surface area contributed by atoms with Gasteiger partial charge in [-0.1, -0.05) is 45.4 Å². The van der Waals surface area contributed by atoms with E-state index in [1.165, 1.54) is 17.4 Å². The van der Waals surface area contributed by atoms with Gasteiger partial charge in [-0.05, 0) is 29.5 Å². The van der Waals surface area contributed by atoms with Gasteiger partial charge in [-0.3, -0.25) is 4.98 Å². The second-order valence-electron chi connectivity index (χ2n) is 5.23. The van der Waals surface area contributed by atoms with E-state index in [4.69, 9.17) is 0 Å². The van der Waals surface area contributed by atoms with Crippen LogP contribution in [-0.4, -0.2) is 4.98 Å². The molecular weight excluding hydrogens is 194 g/mol. The monoisotopic (exact) mass is 213 g/mol. The van der Waals surface area contributed by atoms with Crippen LogP contribution < -0.4 is 0 Å². The van der Waals surface area contributed by atoms with Gasteiger partial charge in [0.05, 0.1) is 5.52 Å². The first-order valence-electron chi connectivity index (χ1n) is 5.94. The fourth-order valence-corrected chi connectivity index (χ4v) is 1.89. The number of nitrogens with zero attached hydrogens (tertiary/aromatic N) is 1. The van der Waals surface area contributed by atoms with Gasteiger partial charge in [-0.25, -0.2) is 0 Å². The Morgan fingerprint density at radius 3 is 2.69 bits per heavy atom. The highest BCUT2D eigenvalue weighted by atomic mass is 14.6. The number of hydrogen-bond donors (Lipinski definition) is 0. The Kier molecular flexibility index (Phi) is 2.95. The average molecular weight is 213 g/mol. The lowest BCUT2D eigenvalue weighted by molar-refractivity contribution is 0.349. The zero-order valence-corrected chi connectivity index (χ0v) is 10.3. The molecule has 0 bridgehead atoms. The minimum Gasteiger partial charge on any atom is -0.256 e. The third kappa shape index (κ3) is 2.41. The first-order valence-corrected chi connectivity index (χ1v) is 5.94. The van der Waals surface area contributed by atoms with Gasteiger partial charge < -0.3 is 0 Å². The van der Waals surface area contributed by atoms with E-state index in [1.54, 1.807) is 0 Å². The largest absolute Gasteiger partial charge is 0.256 e. The van der Waals surface area contributed by atoms with Crippen molar-refractivity contribution in [1.29, 1.82) is 0 Å². The van der Waals surface area contributed by atoms with Crippen LogP contribution in [0.1, 0.15) is 32.8 Å². The standard InChI is InChI=1S/C15H19N/c1-4-15(2,3)10-12-9-13-7-5-6-8-14(13)16-11-12/h5-9,11H,4,10H2,1-3H3. The van der Waals surface area contributed by atoms with Crippen LogP contribution >= 0.6 is 0 Å². The Morgan fingerprint density at radius 2 is 1.94 bits per heavy atom. The summed E-state index contributed by atoms with van der Waals surface area (Å²) in [6.07, 6.45) is 4.31. The quantitative estimate of drug-likeness (QED) is 0.744. The Labute approximate surface area is 97.5 Å². The van der Waals surface area contributed by atoms with Crippen LogP contribution in [0.4, 0.5) is 0 Å². The molecule has 2 rings (SSSR count). The lowest BCUT2D eigenvalue weighted by Crippen LogP contribution is -2.13. The van der Waals surface area contributed by atoms with Crippen LogP contribution in [0.25, 0.3) is 10.9 Å². The molecule has 0 N–H and O–H groups in total. The van der Waals surface area contributed by atoms with Gasteiger partial charge in [0.15, 0.2) is 0 Å². The topological polar surface area (TPSA) is 12.9 Å². The van der Waals surface area contributed by atoms with Crippen molar-refractivity contribution in [2.75, 3.05) is 0 Å². The molecule has 0 atom stereocenters. The van der Waals surface area contributed by atoms with Crippen molar-refractivity contribution in [3.05, 3.63) is 42.1 Å². The third-order valence-electron chi connectivity index (χ3n) is 3.29. The van der Waals surface area contributed by atoms with Crippen molar-refractivity contribution < 1.29 is 0 Å². The van der Waals surface area contributed by atoms with Gasteiger partial charge in [0, 0.05) is 11.6 Å². The number of fused-ring (bicyclic) bond motifs is 1. The van der Waals surface area contributed by atoms with E-state index in [2.05, 4.69) is 50.0 Å². The number of pyridine rings is 1. The first kappa shape index (κ1) is 11.1. The van der Waals surface area contributed by atoms with Crippen LogP contribution in [0.2, 0.25) is 0 Å². The number of rotatable bonds is 3. The van der Waals surface area contributed by atoms with E-state index in [1.807, 2.05) is 12.3 Å². The van der Waals surface area contributed by atoms with E-state index in [-0.39, 0.29) is 0 Å². The Morgan fingerprint density at radius 1 is 1.19 bits per heavy atom. The lowest BCUT2D eigenvalue weighted by atomic mass is 9.84. The van der Waals surface area contributed by atoms with Crippen LogP contribution in [0.5, 0.6) is 0 Å². The summed E-state index contributed by atoms with van der Waals surface area (Å²) in [7, 11) is 0. The van der Waals surface area contributed by atoms with Crippen molar-refractivity contribution in [1.82, 2.24) is 4.98 Å². The van der Waals surface area contributed by atoms with E-state index in [0.717, 1.165) is 11.9 Å². The minimum atomic E-state index is 0.365. The summed E-state index contributed by atoms with van der Waals surface area (Å²) in [5.74, 6) is 0. The van der Waals surface area contributed by atoms with Gasteiger partial charge in [-0.2, -0.15) is 0 Å². The van der Waals surface area contributed by atoms with Crippen LogP contribution in [0.3, 0.4) is 0 Å². The van der Waals surface area contributed by atoms with Crippen LogP contribution in [0.15, 0.2) is 36.5 Å². The maximum Gasteiger partial charge on any atom is 0.0702 e. The molecule has 1 heterocycles. The van der Waals surface area contributed by atoms with Gasteiger partial charge >= 0.3 is 0 Å². The number of hydrogen-bond acceptors (Lipinski definition) is 1. The fraction of sp³-hybridized carbons (Fsp3) is 0.400. The smallest absolute Gasteiger partial charge is 0.0702 e. The van der Waals surface area contributed by atoms with Gasteiger partial charge in [0.2, 0.25) is 0 Å². The molecule has 84 valence electrons. The molecule has 0 aliphatic carbocycles. The number of benzene rings is 1. The van der Waals surface area contributed by atoms with Crippen molar-refractivity contribution in [3.63, 3.8) is 0 Å². The van der Waals surface area contributed by atoms with Gasteiger partial charge in [0.1, 0.15) is 0 Å². The molecule has 0 aliphatic heterocycles. The highest BCUT2D eigenvalue weighted by Gasteiger charge is 2.15. The highest BCUT2D eigenvalue weighted by molar-refractivity contribution is 5.78. The average Bonchev–Trinajstić information content (AvgIpc) is 2.28. The normalized spacial score (nSPS) is 11.9. The van der Waals surface area contributed by atoms with E-state index in [9.17, 15) is 0 Å². The van der Waals surface area contributed by atoms with Crippen molar-refractivity contribution in [2.24, 2.45) is 5.41 Å². The molecule has 0 unspecified atom stereocenters. The zero-order chi connectivity index (χ0) is 11.6. The Balaban J connectivity index is 2.33. The molecule has 2 aromatic rings. The molecule has 1 nitrogen and oxygen atoms in total. The molecule has 1 aromatic heterocycles. The Bertz CT molecular complexity index is 486. The zero-order valence-electron chi connectivity index (χ0n) is 10.3. The highest BCUT2D eigenvalue weighted by Crippen LogP contribution is 2.26.